The highest BCUT2D eigenvalue weighted by Crippen LogP contribution is 2.12. The minimum Gasteiger partial charge on any atom is -0.450 e. The zero-order valence-electron chi connectivity index (χ0n) is 16.4. The summed E-state index contributed by atoms with van der Waals surface area (Å²) in [5.41, 5.74) is 0.0186. The average Bonchev–Trinajstić information content (AvgIpc) is 3.11. The third-order valence-corrected chi connectivity index (χ3v) is 4.91. The quantitative estimate of drug-likeness (QED) is 0.358. The Morgan fingerprint density at radius 2 is 2.07 bits per heavy atom. The van der Waals surface area contributed by atoms with Crippen LogP contribution in [0.1, 0.15) is 39.0 Å². The second kappa shape index (κ2) is 11.2. The maximum Gasteiger partial charge on any atom is 0.409 e. The number of hydrogen-bond donors (Lipinski definition) is 2. The second-order valence-electron chi connectivity index (χ2n) is 6.89. The normalized spacial score (nSPS) is 18.0. The van der Waals surface area contributed by atoms with Crippen molar-refractivity contribution in [3.8, 4) is 6.07 Å². The predicted octanol–water partition coefficient (Wildman–Crippen LogP) is 0.733. The topological polar surface area (TPSA) is 115 Å². The molecule has 0 aliphatic carbocycles. The number of amides is 3. The van der Waals surface area contributed by atoms with Crippen LogP contribution < -0.4 is 10.6 Å². The van der Waals surface area contributed by atoms with E-state index in [0.29, 0.717) is 45.6 Å². The van der Waals surface area contributed by atoms with E-state index in [-0.39, 0.29) is 23.6 Å². The van der Waals surface area contributed by atoms with Gasteiger partial charge in [0, 0.05) is 51.4 Å². The van der Waals surface area contributed by atoms with Gasteiger partial charge in [-0.05, 0) is 32.6 Å². The molecule has 0 bridgehead atoms. The Morgan fingerprint density at radius 1 is 1.32 bits per heavy atom. The van der Waals surface area contributed by atoms with Gasteiger partial charge in [-0.25, -0.2) is 4.79 Å². The highest BCUT2D eigenvalue weighted by atomic mass is 16.6. The number of carbonyl (C=O) groups is 3. The van der Waals surface area contributed by atoms with Crippen LogP contribution in [0.3, 0.4) is 0 Å². The first-order valence-corrected chi connectivity index (χ1v) is 9.89. The molecule has 0 spiro atoms. The van der Waals surface area contributed by atoms with Crippen LogP contribution in [0.4, 0.5) is 4.79 Å². The number of piperidine rings is 1. The number of nitriles is 1. The number of nitrogens with zero attached hydrogens (tertiary/aromatic N) is 3. The molecule has 3 amide bonds. The monoisotopic (exact) mass is 391 g/mol. The number of ether oxygens (including phenoxy) is 1. The Morgan fingerprint density at radius 3 is 2.68 bits per heavy atom. The molecule has 2 heterocycles. The van der Waals surface area contributed by atoms with Crippen LogP contribution in [-0.2, 0) is 14.3 Å². The number of hydrogen-bond acceptors (Lipinski definition) is 6. The van der Waals surface area contributed by atoms with Gasteiger partial charge in [0.15, 0.2) is 0 Å². The molecule has 0 aromatic heterocycles. The summed E-state index contributed by atoms with van der Waals surface area (Å²) in [7, 11) is 0. The molecule has 154 valence electrons. The van der Waals surface area contributed by atoms with Crippen LogP contribution in [0.2, 0.25) is 0 Å². The Labute approximate surface area is 165 Å². The van der Waals surface area contributed by atoms with Gasteiger partial charge in [0.1, 0.15) is 11.6 Å². The number of nitrogens with one attached hydrogen (secondary N) is 2. The van der Waals surface area contributed by atoms with E-state index in [9.17, 15) is 19.6 Å². The first-order chi connectivity index (χ1) is 13.5. The smallest absolute Gasteiger partial charge is 0.409 e. The van der Waals surface area contributed by atoms with E-state index in [1.165, 1.54) is 6.20 Å². The van der Waals surface area contributed by atoms with Crippen molar-refractivity contribution in [2.24, 2.45) is 0 Å². The molecule has 0 saturated carbocycles. The fraction of sp³-hybridized carbons (Fsp3) is 0.684. The van der Waals surface area contributed by atoms with E-state index < -0.39 is 5.91 Å². The lowest BCUT2D eigenvalue weighted by Gasteiger charge is -2.31. The first kappa shape index (κ1) is 21.5. The van der Waals surface area contributed by atoms with Crippen molar-refractivity contribution in [3.05, 3.63) is 11.8 Å². The molecule has 0 unspecified atom stereocenters. The Balaban J connectivity index is 1.68. The van der Waals surface area contributed by atoms with Gasteiger partial charge in [0.05, 0.1) is 6.61 Å². The van der Waals surface area contributed by atoms with E-state index in [1.807, 2.05) is 6.07 Å². The molecule has 0 atom stereocenters. The molecule has 0 radical (unpaired) electrons. The summed E-state index contributed by atoms with van der Waals surface area (Å²) >= 11 is 0. The minimum atomic E-state index is -0.424. The van der Waals surface area contributed by atoms with Crippen LogP contribution in [0.5, 0.6) is 0 Å². The van der Waals surface area contributed by atoms with Crippen molar-refractivity contribution in [1.82, 2.24) is 20.4 Å². The number of likely N-dealkylation sites (tertiary alicyclic amines) is 2. The van der Waals surface area contributed by atoms with Gasteiger partial charge < -0.3 is 25.2 Å². The number of carbonyl (C=O) groups excluding carboxylic acids is 3. The van der Waals surface area contributed by atoms with Gasteiger partial charge in [-0.2, -0.15) is 5.26 Å². The van der Waals surface area contributed by atoms with Gasteiger partial charge in [0.25, 0.3) is 5.91 Å². The van der Waals surface area contributed by atoms with E-state index in [4.69, 9.17) is 4.74 Å². The second-order valence-corrected chi connectivity index (χ2v) is 6.89. The summed E-state index contributed by atoms with van der Waals surface area (Å²) in [6, 6.07) is 2.01. The molecule has 2 saturated heterocycles. The summed E-state index contributed by atoms with van der Waals surface area (Å²) in [4.78, 5) is 38.8. The summed E-state index contributed by atoms with van der Waals surface area (Å²) in [6.07, 6.45) is 4.76. The molecule has 2 N–H and O–H groups in total. The van der Waals surface area contributed by atoms with Gasteiger partial charge >= 0.3 is 6.09 Å². The van der Waals surface area contributed by atoms with Crippen molar-refractivity contribution >= 4 is 17.9 Å². The van der Waals surface area contributed by atoms with Gasteiger partial charge in [0.2, 0.25) is 5.91 Å². The zero-order valence-corrected chi connectivity index (χ0v) is 16.4. The van der Waals surface area contributed by atoms with Gasteiger partial charge in [-0.3, -0.25) is 9.59 Å². The largest absolute Gasteiger partial charge is 0.450 e. The highest BCUT2D eigenvalue weighted by Gasteiger charge is 2.23. The predicted molar refractivity (Wildman–Crippen MR) is 102 cm³/mol. The summed E-state index contributed by atoms with van der Waals surface area (Å²) < 4.78 is 4.99. The van der Waals surface area contributed by atoms with E-state index >= 15 is 0 Å². The molecule has 28 heavy (non-hydrogen) atoms. The summed E-state index contributed by atoms with van der Waals surface area (Å²) in [5, 5.41) is 15.1. The minimum absolute atomic E-state index is 0.0186. The molecule has 0 aromatic carbocycles. The molecular weight excluding hydrogens is 362 g/mol. The highest BCUT2D eigenvalue weighted by molar-refractivity contribution is 5.97. The standard InChI is InChI=1S/C19H29N5O4/c1-2-28-19(27)24-11-6-16(7-12-24)22-14-15(13-20)18(26)21-8-4-10-23-9-3-5-17(23)25/h14,16,22H,2-12H2,1H3,(H,21,26)/b15-14-. The fourth-order valence-electron chi connectivity index (χ4n) is 3.30. The van der Waals surface area contributed by atoms with E-state index in [2.05, 4.69) is 10.6 Å². The molecule has 0 aromatic rings. The van der Waals surface area contributed by atoms with Crippen LogP contribution >= 0.6 is 0 Å². The van der Waals surface area contributed by atoms with E-state index in [1.54, 1.807) is 16.7 Å². The van der Waals surface area contributed by atoms with Crippen LogP contribution in [-0.4, -0.2) is 73.1 Å². The molecule has 9 heteroatoms. The molecular formula is C19H29N5O4. The fourth-order valence-corrected chi connectivity index (χ4v) is 3.30. The van der Waals surface area contributed by atoms with Crippen molar-refractivity contribution in [1.29, 1.82) is 5.26 Å². The lowest BCUT2D eigenvalue weighted by molar-refractivity contribution is -0.127. The van der Waals surface area contributed by atoms with Gasteiger partial charge in [-0.1, -0.05) is 0 Å². The molecule has 2 rings (SSSR count). The van der Waals surface area contributed by atoms with Crippen molar-refractivity contribution in [2.45, 2.75) is 45.1 Å². The lowest BCUT2D eigenvalue weighted by atomic mass is 10.1. The molecule has 2 fully saturated rings. The Kier molecular flexibility index (Phi) is 8.59. The SMILES string of the molecule is CCOC(=O)N1CCC(N/C=C(/C#N)C(=O)NCCCN2CCCC2=O)CC1. The maximum absolute atomic E-state index is 12.1. The van der Waals surface area contributed by atoms with Crippen LogP contribution in [0, 0.1) is 11.3 Å². The van der Waals surface area contributed by atoms with E-state index in [0.717, 1.165) is 25.8 Å². The van der Waals surface area contributed by atoms with Crippen molar-refractivity contribution in [3.63, 3.8) is 0 Å². The van der Waals surface area contributed by atoms with Crippen molar-refractivity contribution in [2.75, 3.05) is 39.3 Å². The van der Waals surface area contributed by atoms with Crippen molar-refractivity contribution < 1.29 is 19.1 Å². The molecule has 2 aliphatic rings. The van der Waals surface area contributed by atoms with Crippen LogP contribution in [0.25, 0.3) is 0 Å². The maximum atomic E-state index is 12.1. The van der Waals surface area contributed by atoms with Gasteiger partial charge in [-0.15, -0.1) is 0 Å². The molecule has 9 nitrogen and oxygen atoms in total. The summed E-state index contributed by atoms with van der Waals surface area (Å²) in [6.45, 7) is 5.12. The van der Waals surface area contributed by atoms with Crippen LogP contribution in [0.15, 0.2) is 11.8 Å². The lowest BCUT2D eigenvalue weighted by Crippen LogP contribution is -2.44. The number of rotatable bonds is 8. The Hall–Kier alpha value is -2.76. The Bertz CT molecular complexity index is 635. The average molecular weight is 391 g/mol. The third kappa shape index (κ3) is 6.44. The summed E-state index contributed by atoms with van der Waals surface area (Å²) in [5.74, 6) is -0.256. The first-order valence-electron chi connectivity index (χ1n) is 9.89. The molecule has 2 aliphatic heterocycles. The zero-order chi connectivity index (χ0) is 20.4. The third-order valence-electron chi connectivity index (χ3n) is 4.91.